The molecule has 0 saturated heterocycles. The molecule has 2 rings (SSSR count). The van der Waals surface area contributed by atoms with Gasteiger partial charge in [0.05, 0.1) is 18.0 Å². The van der Waals surface area contributed by atoms with E-state index in [0.29, 0.717) is 16.0 Å². The third-order valence-electron chi connectivity index (χ3n) is 1.56. The van der Waals surface area contributed by atoms with Crippen LogP contribution in [0.25, 0.3) is 5.82 Å². The highest BCUT2D eigenvalue weighted by molar-refractivity contribution is 9.10. The summed E-state index contributed by atoms with van der Waals surface area (Å²) in [4.78, 5) is 0. The second kappa shape index (κ2) is 3.55. The molecule has 0 atom stereocenters. The van der Waals surface area contributed by atoms with Gasteiger partial charge in [0.1, 0.15) is 10.7 Å². The monoisotopic (exact) mass is 249 g/mol. The highest BCUT2D eigenvalue weighted by Crippen LogP contribution is 2.07. The Morgan fingerprint density at radius 1 is 1.36 bits per heavy atom. The maximum atomic E-state index is 8.60. The Balaban J connectivity index is 2.40. The molecule has 0 aromatic carbocycles. The average molecular weight is 250 g/mol. The lowest BCUT2D eigenvalue weighted by molar-refractivity contribution is 0.809. The standard InChI is InChI=1S/C8H4BrN5/c9-7-1-2-8(13-12-7)14-5-6(3-10)4-11-14/h1-2,4-5H. The van der Waals surface area contributed by atoms with Gasteiger partial charge < -0.3 is 0 Å². The Morgan fingerprint density at radius 2 is 2.21 bits per heavy atom. The molecule has 0 unspecified atom stereocenters. The second-order valence-electron chi connectivity index (χ2n) is 2.50. The molecule has 0 N–H and O–H groups in total. The first-order chi connectivity index (χ1) is 6.79. The predicted octanol–water partition coefficient (Wildman–Crippen LogP) is 1.30. The van der Waals surface area contributed by atoms with Gasteiger partial charge in [0.2, 0.25) is 0 Å². The van der Waals surface area contributed by atoms with E-state index in [2.05, 4.69) is 31.2 Å². The van der Waals surface area contributed by atoms with Gasteiger partial charge in [-0.25, -0.2) is 4.68 Å². The zero-order chi connectivity index (χ0) is 9.97. The fourth-order valence-electron chi connectivity index (χ4n) is 0.937. The molecule has 2 aromatic heterocycles. The maximum absolute atomic E-state index is 8.60. The van der Waals surface area contributed by atoms with Crippen molar-refractivity contribution < 1.29 is 0 Å². The van der Waals surface area contributed by atoms with E-state index >= 15 is 0 Å². The molecule has 2 heterocycles. The van der Waals surface area contributed by atoms with Crippen molar-refractivity contribution in [1.82, 2.24) is 20.0 Å². The zero-order valence-corrected chi connectivity index (χ0v) is 8.51. The molecule has 0 aliphatic rings. The minimum absolute atomic E-state index is 0.495. The summed E-state index contributed by atoms with van der Waals surface area (Å²) in [5, 5.41) is 20.3. The number of hydrogen-bond acceptors (Lipinski definition) is 4. The van der Waals surface area contributed by atoms with Gasteiger partial charge in [-0.05, 0) is 28.1 Å². The number of aromatic nitrogens is 4. The molecule has 6 heteroatoms. The van der Waals surface area contributed by atoms with E-state index in [1.807, 2.05) is 6.07 Å². The molecule has 0 fully saturated rings. The molecule has 2 aromatic rings. The Labute approximate surface area is 88.1 Å². The minimum atomic E-state index is 0.495. The molecule has 0 saturated carbocycles. The molecule has 5 nitrogen and oxygen atoms in total. The minimum Gasteiger partial charge on any atom is -0.219 e. The van der Waals surface area contributed by atoms with Gasteiger partial charge in [-0.3, -0.25) is 0 Å². The van der Waals surface area contributed by atoms with Gasteiger partial charge >= 0.3 is 0 Å². The average Bonchev–Trinajstić information content (AvgIpc) is 2.67. The SMILES string of the molecule is N#Cc1cnn(-c2ccc(Br)nn2)c1. The summed E-state index contributed by atoms with van der Waals surface area (Å²) in [5.74, 6) is 0.578. The summed E-state index contributed by atoms with van der Waals surface area (Å²) >= 11 is 3.18. The van der Waals surface area contributed by atoms with Crippen molar-refractivity contribution in [2.75, 3.05) is 0 Å². The van der Waals surface area contributed by atoms with Crippen LogP contribution in [-0.2, 0) is 0 Å². The van der Waals surface area contributed by atoms with E-state index in [0.717, 1.165) is 0 Å². The highest BCUT2D eigenvalue weighted by atomic mass is 79.9. The van der Waals surface area contributed by atoms with E-state index in [1.54, 1.807) is 18.3 Å². The van der Waals surface area contributed by atoms with Crippen molar-refractivity contribution in [1.29, 1.82) is 5.26 Å². The van der Waals surface area contributed by atoms with Gasteiger partial charge in [0.25, 0.3) is 0 Å². The lowest BCUT2D eigenvalue weighted by Gasteiger charge is -1.96. The number of halogens is 1. The third kappa shape index (κ3) is 1.63. The Hall–Kier alpha value is -1.74. The number of rotatable bonds is 1. The van der Waals surface area contributed by atoms with Crippen LogP contribution in [0, 0.1) is 11.3 Å². The van der Waals surface area contributed by atoms with Gasteiger partial charge in [-0.1, -0.05) is 0 Å². The topological polar surface area (TPSA) is 67.4 Å². The normalized spacial score (nSPS) is 9.71. The first kappa shape index (κ1) is 8.84. The van der Waals surface area contributed by atoms with Crippen LogP contribution in [0.1, 0.15) is 5.56 Å². The number of nitriles is 1. The van der Waals surface area contributed by atoms with Crippen molar-refractivity contribution in [2.45, 2.75) is 0 Å². The number of hydrogen-bond donors (Lipinski definition) is 0. The molecule has 0 amide bonds. The first-order valence-corrected chi connectivity index (χ1v) is 4.53. The lowest BCUT2D eigenvalue weighted by Crippen LogP contribution is -1.98. The van der Waals surface area contributed by atoms with Crippen LogP contribution in [0.3, 0.4) is 0 Å². The summed E-state index contributed by atoms with van der Waals surface area (Å²) < 4.78 is 2.16. The number of nitrogens with zero attached hydrogens (tertiary/aromatic N) is 5. The van der Waals surface area contributed by atoms with Crippen molar-refractivity contribution in [3.05, 3.63) is 34.7 Å². The molecule has 68 valence electrons. The van der Waals surface area contributed by atoms with E-state index in [-0.39, 0.29) is 0 Å². The largest absolute Gasteiger partial charge is 0.219 e. The van der Waals surface area contributed by atoms with Gasteiger partial charge in [0, 0.05) is 0 Å². The van der Waals surface area contributed by atoms with Crippen LogP contribution in [0.2, 0.25) is 0 Å². The lowest BCUT2D eigenvalue weighted by atomic mass is 10.4. The summed E-state index contributed by atoms with van der Waals surface area (Å²) in [5.41, 5.74) is 0.495. The molecule has 0 spiro atoms. The molecule has 14 heavy (non-hydrogen) atoms. The highest BCUT2D eigenvalue weighted by Gasteiger charge is 2.01. The van der Waals surface area contributed by atoms with Crippen LogP contribution in [0.4, 0.5) is 0 Å². The van der Waals surface area contributed by atoms with Gasteiger partial charge in [-0.15, -0.1) is 10.2 Å². The van der Waals surface area contributed by atoms with Crippen LogP contribution in [0.15, 0.2) is 29.1 Å². The predicted molar refractivity (Wildman–Crippen MR) is 51.6 cm³/mol. The van der Waals surface area contributed by atoms with Crippen LogP contribution in [-0.4, -0.2) is 20.0 Å². The van der Waals surface area contributed by atoms with Crippen LogP contribution < -0.4 is 0 Å². The van der Waals surface area contributed by atoms with Crippen molar-refractivity contribution in [3.63, 3.8) is 0 Å². The van der Waals surface area contributed by atoms with Crippen LogP contribution in [0.5, 0.6) is 0 Å². The van der Waals surface area contributed by atoms with E-state index in [4.69, 9.17) is 5.26 Å². The summed E-state index contributed by atoms with van der Waals surface area (Å²) in [6, 6.07) is 5.50. The fourth-order valence-corrected chi connectivity index (χ4v) is 1.15. The summed E-state index contributed by atoms with van der Waals surface area (Å²) in [7, 11) is 0. The summed E-state index contributed by atoms with van der Waals surface area (Å²) in [6.45, 7) is 0. The molecular formula is C8H4BrN5. The van der Waals surface area contributed by atoms with E-state index in [1.165, 1.54) is 10.9 Å². The van der Waals surface area contributed by atoms with E-state index < -0.39 is 0 Å². The van der Waals surface area contributed by atoms with Crippen LogP contribution >= 0.6 is 15.9 Å². The van der Waals surface area contributed by atoms with Crippen molar-refractivity contribution >= 4 is 15.9 Å². The van der Waals surface area contributed by atoms with Gasteiger partial charge in [0.15, 0.2) is 5.82 Å². The molecular weight excluding hydrogens is 246 g/mol. The Morgan fingerprint density at radius 3 is 2.79 bits per heavy atom. The molecule has 0 aliphatic heterocycles. The summed E-state index contributed by atoms with van der Waals surface area (Å²) in [6.07, 6.45) is 3.07. The molecule has 0 aliphatic carbocycles. The first-order valence-electron chi connectivity index (χ1n) is 3.74. The molecule has 0 bridgehead atoms. The van der Waals surface area contributed by atoms with Crippen molar-refractivity contribution in [2.24, 2.45) is 0 Å². The van der Waals surface area contributed by atoms with E-state index in [9.17, 15) is 0 Å². The quantitative estimate of drug-likeness (QED) is 0.764. The van der Waals surface area contributed by atoms with Crippen molar-refractivity contribution in [3.8, 4) is 11.9 Å². The Kier molecular flexibility index (Phi) is 2.24. The molecule has 0 radical (unpaired) electrons. The third-order valence-corrected chi connectivity index (χ3v) is 1.99. The zero-order valence-electron chi connectivity index (χ0n) is 6.92. The smallest absolute Gasteiger partial charge is 0.175 e. The maximum Gasteiger partial charge on any atom is 0.175 e. The van der Waals surface area contributed by atoms with Gasteiger partial charge in [-0.2, -0.15) is 10.4 Å². The Bertz CT molecular complexity index is 481. The second-order valence-corrected chi connectivity index (χ2v) is 3.31. The fraction of sp³-hybridized carbons (Fsp3) is 0.